The molecule has 0 saturated heterocycles. The predicted octanol–water partition coefficient (Wildman–Crippen LogP) is 4.75. The number of aromatic nitrogens is 1. The van der Waals surface area contributed by atoms with Crippen molar-refractivity contribution in [3.05, 3.63) is 58.3 Å². The van der Waals surface area contributed by atoms with Gasteiger partial charge in [0.1, 0.15) is 0 Å². The first kappa shape index (κ1) is 15.5. The Hall–Kier alpha value is -1.36. The van der Waals surface area contributed by atoms with Crippen molar-refractivity contribution in [3.8, 4) is 0 Å². The van der Waals surface area contributed by atoms with E-state index in [1.807, 2.05) is 24.4 Å². The topological polar surface area (TPSA) is 28.2 Å². The highest BCUT2D eigenvalue weighted by Crippen LogP contribution is 2.30. The fourth-order valence-corrected chi connectivity index (χ4v) is 3.12. The average molecular weight is 352 g/mol. The molecular weight excluding hydrogens is 337 g/mol. The summed E-state index contributed by atoms with van der Waals surface area (Å²) in [4.78, 5) is 6.35. The van der Waals surface area contributed by atoms with Gasteiger partial charge in [-0.25, -0.2) is 0 Å². The molecular formula is C16H15Cl2N3S. The van der Waals surface area contributed by atoms with Crippen molar-refractivity contribution >= 4 is 46.2 Å². The molecule has 2 aromatic rings. The Morgan fingerprint density at radius 2 is 2.00 bits per heavy atom. The maximum Gasteiger partial charge on any atom is 0.173 e. The lowest BCUT2D eigenvalue weighted by Crippen LogP contribution is -2.36. The van der Waals surface area contributed by atoms with Crippen LogP contribution in [0.1, 0.15) is 18.4 Å². The van der Waals surface area contributed by atoms with Gasteiger partial charge < -0.3 is 10.2 Å². The largest absolute Gasteiger partial charge is 0.342 e. The Kier molecular flexibility index (Phi) is 4.81. The standard InChI is InChI=1S/C16H15Cl2N3S/c17-12-6-13(18)8-14(7-12)20-16(22)21(15-3-4-15)10-11-2-1-5-19-9-11/h1-2,5-9,15H,3-4,10H2,(H,20,22). The SMILES string of the molecule is S=C(Nc1cc(Cl)cc(Cl)c1)N(Cc1cccnc1)C1CC1. The molecule has 0 spiro atoms. The molecule has 1 fully saturated rings. The van der Waals surface area contributed by atoms with Gasteiger partial charge in [-0.05, 0) is 54.9 Å². The minimum Gasteiger partial charge on any atom is -0.342 e. The van der Waals surface area contributed by atoms with Crippen LogP contribution in [0.3, 0.4) is 0 Å². The van der Waals surface area contributed by atoms with Gasteiger partial charge in [-0.15, -0.1) is 0 Å². The van der Waals surface area contributed by atoms with Gasteiger partial charge in [0.25, 0.3) is 0 Å². The monoisotopic (exact) mass is 351 g/mol. The third kappa shape index (κ3) is 4.09. The van der Waals surface area contributed by atoms with E-state index >= 15 is 0 Å². The quantitative estimate of drug-likeness (QED) is 0.804. The highest BCUT2D eigenvalue weighted by atomic mass is 35.5. The number of halogens is 2. The van der Waals surface area contributed by atoms with Gasteiger partial charge in [0.05, 0.1) is 0 Å². The van der Waals surface area contributed by atoms with Crippen LogP contribution in [0, 0.1) is 0 Å². The Bertz CT molecular complexity index is 654. The molecule has 0 unspecified atom stereocenters. The fraction of sp³-hybridized carbons (Fsp3) is 0.250. The molecule has 1 N–H and O–H groups in total. The number of thiocarbonyl (C=S) groups is 1. The van der Waals surface area contributed by atoms with E-state index in [0.29, 0.717) is 21.2 Å². The second-order valence-corrected chi connectivity index (χ2v) is 6.57. The van der Waals surface area contributed by atoms with Crippen LogP contribution >= 0.6 is 35.4 Å². The predicted molar refractivity (Wildman–Crippen MR) is 95.5 cm³/mol. The van der Waals surface area contributed by atoms with E-state index < -0.39 is 0 Å². The van der Waals surface area contributed by atoms with Gasteiger partial charge in [0.2, 0.25) is 0 Å². The Morgan fingerprint density at radius 3 is 2.59 bits per heavy atom. The number of rotatable bonds is 4. The zero-order chi connectivity index (χ0) is 15.5. The van der Waals surface area contributed by atoms with Crippen molar-refractivity contribution in [3.63, 3.8) is 0 Å². The lowest BCUT2D eigenvalue weighted by Gasteiger charge is -2.26. The Morgan fingerprint density at radius 1 is 1.27 bits per heavy atom. The van der Waals surface area contributed by atoms with Crippen LogP contribution in [-0.2, 0) is 6.54 Å². The van der Waals surface area contributed by atoms with Crippen molar-refractivity contribution in [2.75, 3.05) is 5.32 Å². The molecule has 0 amide bonds. The van der Waals surface area contributed by atoms with Crippen molar-refractivity contribution < 1.29 is 0 Å². The van der Waals surface area contributed by atoms with Gasteiger partial charge in [-0.3, -0.25) is 4.98 Å². The zero-order valence-corrected chi connectivity index (χ0v) is 14.1. The van der Waals surface area contributed by atoms with Crippen LogP contribution in [-0.4, -0.2) is 21.0 Å². The molecule has 22 heavy (non-hydrogen) atoms. The van der Waals surface area contributed by atoms with Gasteiger partial charge in [0, 0.05) is 40.7 Å². The fourth-order valence-electron chi connectivity index (χ4n) is 2.26. The summed E-state index contributed by atoms with van der Waals surface area (Å²) in [5, 5.41) is 5.09. The molecule has 1 aromatic carbocycles. The van der Waals surface area contributed by atoms with Crippen LogP contribution in [0.2, 0.25) is 10.0 Å². The number of benzene rings is 1. The number of hydrogen-bond donors (Lipinski definition) is 1. The van der Waals surface area contributed by atoms with Crippen LogP contribution in [0.5, 0.6) is 0 Å². The summed E-state index contributed by atoms with van der Waals surface area (Å²) in [7, 11) is 0. The van der Waals surface area contributed by atoms with E-state index in [0.717, 1.165) is 17.8 Å². The summed E-state index contributed by atoms with van der Waals surface area (Å²) < 4.78 is 0. The normalized spacial score (nSPS) is 13.7. The smallest absolute Gasteiger partial charge is 0.173 e. The maximum absolute atomic E-state index is 6.03. The third-order valence-electron chi connectivity index (χ3n) is 3.44. The van der Waals surface area contributed by atoms with Gasteiger partial charge >= 0.3 is 0 Å². The summed E-state index contributed by atoms with van der Waals surface area (Å²) in [5.41, 5.74) is 1.95. The highest BCUT2D eigenvalue weighted by Gasteiger charge is 2.30. The summed E-state index contributed by atoms with van der Waals surface area (Å²) in [6.07, 6.45) is 5.97. The maximum atomic E-state index is 6.03. The molecule has 0 bridgehead atoms. The molecule has 1 saturated carbocycles. The molecule has 1 aliphatic rings. The second kappa shape index (κ2) is 6.82. The van der Waals surface area contributed by atoms with Gasteiger partial charge in [0.15, 0.2) is 5.11 Å². The zero-order valence-electron chi connectivity index (χ0n) is 11.8. The number of anilines is 1. The second-order valence-electron chi connectivity index (χ2n) is 5.31. The molecule has 1 aromatic heterocycles. The molecule has 6 heteroatoms. The van der Waals surface area contributed by atoms with Crippen LogP contribution in [0.15, 0.2) is 42.7 Å². The summed E-state index contributed by atoms with van der Waals surface area (Å²) in [5.74, 6) is 0. The van der Waals surface area contributed by atoms with Crippen LogP contribution in [0.4, 0.5) is 5.69 Å². The van der Waals surface area contributed by atoms with E-state index in [1.165, 1.54) is 12.8 Å². The van der Waals surface area contributed by atoms with Crippen molar-refractivity contribution in [2.45, 2.75) is 25.4 Å². The van der Waals surface area contributed by atoms with Gasteiger partial charge in [-0.2, -0.15) is 0 Å². The number of nitrogens with one attached hydrogen (secondary N) is 1. The lowest BCUT2D eigenvalue weighted by atomic mass is 10.2. The van der Waals surface area contributed by atoms with Crippen LogP contribution in [0.25, 0.3) is 0 Å². The van der Waals surface area contributed by atoms with Crippen molar-refractivity contribution in [1.82, 2.24) is 9.88 Å². The minimum absolute atomic E-state index is 0.495. The molecule has 0 radical (unpaired) electrons. The molecule has 0 aliphatic heterocycles. The first-order valence-corrected chi connectivity index (χ1v) is 8.21. The number of pyridine rings is 1. The van der Waals surface area contributed by atoms with E-state index in [1.54, 1.807) is 12.3 Å². The van der Waals surface area contributed by atoms with E-state index in [9.17, 15) is 0 Å². The molecule has 0 atom stereocenters. The first-order valence-electron chi connectivity index (χ1n) is 7.04. The minimum atomic E-state index is 0.495. The van der Waals surface area contributed by atoms with Crippen molar-refractivity contribution in [2.24, 2.45) is 0 Å². The molecule has 3 nitrogen and oxygen atoms in total. The molecule has 1 aliphatic carbocycles. The summed E-state index contributed by atoms with van der Waals surface area (Å²) >= 11 is 17.6. The van der Waals surface area contributed by atoms with Crippen molar-refractivity contribution in [1.29, 1.82) is 0 Å². The van der Waals surface area contributed by atoms with Gasteiger partial charge in [-0.1, -0.05) is 29.3 Å². The van der Waals surface area contributed by atoms with E-state index in [4.69, 9.17) is 35.4 Å². The Balaban J connectivity index is 1.73. The van der Waals surface area contributed by atoms with E-state index in [2.05, 4.69) is 21.3 Å². The average Bonchev–Trinajstić information content (AvgIpc) is 3.29. The highest BCUT2D eigenvalue weighted by molar-refractivity contribution is 7.80. The molecule has 114 valence electrons. The number of nitrogens with zero attached hydrogens (tertiary/aromatic N) is 2. The van der Waals surface area contributed by atoms with E-state index in [-0.39, 0.29) is 0 Å². The molecule has 1 heterocycles. The van der Waals surface area contributed by atoms with Crippen LogP contribution < -0.4 is 5.32 Å². The first-order chi connectivity index (χ1) is 10.6. The lowest BCUT2D eigenvalue weighted by molar-refractivity contribution is 0.409. The Labute approximate surface area is 145 Å². The molecule has 3 rings (SSSR count). The third-order valence-corrected chi connectivity index (χ3v) is 4.21. The number of hydrogen-bond acceptors (Lipinski definition) is 2. The summed E-state index contributed by atoms with van der Waals surface area (Å²) in [6, 6.07) is 9.82. The summed E-state index contributed by atoms with van der Waals surface area (Å²) in [6.45, 7) is 0.749.